The van der Waals surface area contributed by atoms with E-state index in [0.717, 1.165) is 11.1 Å². The van der Waals surface area contributed by atoms with Crippen LogP contribution in [0, 0.1) is 6.92 Å². The molecular formula is C24H28N6O5. The summed E-state index contributed by atoms with van der Waals surface area (Å²) in [5, 5.41) is 13.2. The van der Waals surface area contributed by atoms with Gasteiger partial charge >= 0.3 is 0 Å². The first kappa shape index (κ1) is 24.2. The molecule has 0 radical (unpaired) electrons. The fraction of sp³-hybridized carbons (Fsp3) is 0.333. The number of rotatable bonds is 10. The van der Waals surface area contributed by atoms with E-state index in [-0.39, 0.29) is 24.1 Å². The molecule has 0 atom stereocenters. The van der Waals surface area contributed by atoms with Crippen LogP contribution in [-0.4, -0.2) is 77.5 Å². The van der Waals surface area contributed by atoms with Crippen molar-refractivity contribution in [3.63, 3.8) is 0 Å². The number of hydrogen-bond acceptors (Lipinski definition) is 10. The Morgan fingerprint density at radius 1 is 1.00 bits per heavy atom. The van der Waals surface area contributed by atoms with Crippen molar-refractivity contribution in [2.45, 2.75) is 6.92 Å². The summed E-state index contributed by atoms with van der Waals surface area (Å²) in [4.78, 5) is 31.0. The Labute approximate surface area is 201 Å². The van der Waals surface area contributed by atoms with Gasteiger partial charge < -0.3 is 24.2 Å². The van der Waals surface area contributed by atoms with Gasteiger partial charge in [0, 0.05) is 24.5 Å². The summed E-state index contributed by atoms with van der Waals surface area (Å²) in [5.74, 6) is 2.23. The van der Waals surface area contributed by atoms with Crippen molar-refractivity contribution in [1.29, 1.82) is 0 Å². The first-order valence-corrected chi connectivity index (χ1v) is 11.1. The van der Waals surface area contributed by atoms with Gasteiger partial charge in [0.1, 0.15) is 12.4 Å². The minimum atomic E-state index is -0.315. The number of aliphatic hydroxyl groups is 1. The van der Waals surface area contributed by atoms with Gasteiger partial charge in [-0.25, -0.2) is 15.0 Å². The number of aromatic nitrogens is 4. The molecule has 4 rings (SSSR count). The van der Waals surface area contributed by atoms with E-state index in [4.69, 9.17) is 19.3 Å². The quantitative estimate of drug-likeness (QED) is 0.310. The molecule has 0 aliphatic carbocycles. The lowest BCUT2D eigenvalue weighted by Crippen LogP contribution is -2.27. The molecule has 0 amide bonds. The Hall–Kier alpha value is -3.96. The van der Waals surface area contributed by atoms with E-state index in [0.29, 0.717) is 53.4 Å². The number of methoxy groups -OCH3 is 2. The number of aryl methyl sites for hydroxylation is 1. The molecule has 0 aliphatic heterocycles. The normalized spacial score (nSPS) is 11.3. The second-order valence-corrected chi connectivity index (χ2v) is 7.95. The molecule has 0 saturated heterocycles. The van der Waals surface area contributed by atoms with Crippen LogP contribution in [-0.2, 0) is 0 Å². The maximum atomic E-state index is 12.7. The van der Waals surface area contributed by atoms with Crippen molar-refractivity contribution in [1.82, 2.24) is 24.8 Å². The van der Waals surface area contributed by atoms with E-state index in [1.807, 2.05) is 24.9 Å². The van der Waals surface area contributed by atoms with E-state index < -0.39 is 0 Å². The minimum absolute atomic E-state index is 0.0939. The standard InChI is InChI=1S/C24H28N6O5/c1-14-16-12-20(33-3)21(34-4)13-19(16)27-23(25-14)29-24-26-18-6-5-15(11-17(18)22(32)28-24)35-10-8-30(2)7-9-31/h5-6,11-13,31H,7-10H2,1-4H3,(H2,25,26,27,28,29,32). The van der Waals surface area contributed by atoms with Crippen LogP contribution >= 0.6 is 0 Å². The van der Waals surface area contributed by atoms with E-state index in [2.05, 4.69) is 25.3 Å². The van der Waals surface area contributed by atoms with Gasteiger partial charge in [-0.05, 0) is 38.2 Å². The van der Waals surface area contributed by atoms with Gasteiger partial charge in [0.2, 0.25) is 11.9 Å². The third-order valence-electron chi connectivity index (χ3n) is 5.52. The van der Waals surface area contributed by atoms with Gasteiger partial charge in [-0.3, -0.25) is 15.1 Å². The molecule has 3 N–H and O–H groups in total. The van der Waals surface area contributed by atoms with Gasteiger partial charge in [-0.2, -0.15) is 0 Å². The van der Waals surface area contributed by atoms with Gasteiger partial charge in [-0.15, -0.1) is 0 Å². The zero-order valence-corrected chi connectivity index (χ0v) is 20.1. The summed E-state index contributed by atoms with van der Waals surface area (Å²) >= 11 is 0. The molecule has 2 heterocycles. The van der Waals surface area contributed by atoms with Gasteiger partial charge in [0.25, 0.3) is 5.56 Å². The lowest BCUT2D eigenvalue weighted by molar-refractivity contribution is 0.192. The van der Waals surface area contributed by atoms with Gasteiger partial charge in [0.05, 0.1) is 42.9 Å². The number of fused-ring (bicyclic) bond motifs is 2. The summed E-state index contributed by atoms with van der Waals surface area (Å²) < 4.78 is 16.5. The number of H-pyrrole nitrogens is 1. The SMILES string of the molecule is COc1cc2nc(Nc3nc4ccc(OCCN(C)CCO)cc4c(=O)[nH]3)nc(C)c2cc1OC. The van der Waals surface area contributed by atoms with Crippen LogP contribution in [0.3, 0.4) is 0 Å². The molecule has 4 aromatic rings. The average molecular weight is 481 g/mol. The molecular weight excluding hydrogens is 452 g/mol. The Bertz CT molecular complexity index is 1410. The highest BCUT2D eigenvalue weighted by molar-refractivity contribution is 5.86. The first-order chi connectivity index (χ1) is 16.9. The summed E-state index contributed by atoms with van der Waals surface area (Å²) in [6, 6.07) is 8.75. The number of hydrogen-bond donors (Lipinski definition) is 3. The second-order valence-electron chi connectivity index (χ2n) is 7.95. The van der Waals surface area contributed by atoms with Crippen molar-refractivity contribution < 1.29 is 19.3 Å². The molecule has 0 aliphatic rings. The van der Waals surface area contributed by atoms with Crippen molar-refractivity contribution >= 4 is 33.7 Å². The number of ether oxygens (including phenoxy) is 3. The second kappa shape index (κ2) is 10.5. The van der Waals surface area contributed by atoms with E-state index in [1.165, 1.54) is 0 Å². The van der Waals surface area contributed by atoms with E-state index in [1.54, 1.807) is 38.5 Å². The molecule has 2 aromatic heterocycles. The fourth-order valence-corrected chi connectivity index (χ4v) is 3.64. The van der Waals surface area contributed by atoms with Crippen LogP contribution in [0.5, 0.6) is 17.2 Å². The van der Waals surface area contributed by atoms with Crippen molar-refractivity contribution in [2.24, 2.45) is 0 Å². The predicted molar refractivity (Wildman–Crippen MR) is 133 cm³/mol. The molecule has 11 nitrogen and oxygen atoms in total. The molecule has 184 valence electrons. The summed E-state index contributed by atoms with van der Waals surface area (Å²) in [6.45, 7) is 3.61. The molecule has 2 aromatic carbocycles. The number of aromatic amines is 1. The number of aliphatic hydroxyl groups excluding tert-OH is 1. The van der Waals surface area contributed by atoms with E-state index in [9.17, 15) is 4.79 Å². The van der Waals surface area contributed by atoms with Crippen LogP contribution < -0.4 is 25.1 Å². The monoisotopic (exact) mass is 480 g/mol. The molecule has 0 unspecified atom stereocenters. The van der Waals surface area contributed by atoms with Crippen molar-refractivity contribution in [3.05, 3.63) is 46.4 Å². The highest BCUT2D eigenvalue weighted by Gasteiger charge is 2.13. The molecule has 11 heteroatoms. The summed E-state index contributed by atoms with van der Waals surface area (Å²) in [7, 11) is 5.04. The predicted octanol–water partition coefficient (Wildman–Crippen LogP) is 2.24. The maximum Gasteiger partial charge on any atom is 0.260 e. The van der Waals surface area contributed by atoms with Crippen molar-refractivity contribution in [3.8, 4) is 17.2 Å². The summed E-state index contributed by atoms with van der Waals surface area (Å²) in [5.41, 5.74) is 1.58. The van der Waals surface area contributed by atoms with Crippen LogP contribution in [0.4, 0.5) is 11.9 Å². The fourth-order valence-electron chi connectivity index (χ4n) is 3.64. The third kappa shape index (κ3) is 5.42. The smallest absolute Gasteiger partial charge is 0.260 e. The van der Waals surface area contributed by atoms with Crippen LogP contribution in [0.25, 0.3) is 21.8 Å². The Morgan fingerprint density at radius 2 is 1.77 bits per heavy atom. The Kier molecular flexibility index (Phi) is 7.28. The Morgan fingerprint density at radius 3 is 2.51 bits per heavy atom. The summed E-state index contributed by atoms with van der Waals surface area (Å²) in [6.07, 6.45) is 0. The third-order valence-corrected chi connectivity index (χ3v) is 5.52. The van der Waals surface area contributed by atoms with Gasteiger partial charge in [0.15, 0.2) is 11.5 Å². The molecule has 35 heavy (non-hydrogen) atoms. The highest BCUT2D eigenvalue weighted by Crippen LogP contribution is 2.33. The molecule has 0 bridgehead atoms. The Balaban J connectivity index is 1.57. The minimum Gasteiger partial charge on any atom is -0.493 e. The zero-order valence-electron chi connectivity index (χ0n) is 20.1. The number of benzene rings is 2. The maximum absolute atomic E-state index is 12.7. The zero-order chi connectivity index (χ0) is 24.9. The van der Waals surface area contributed by atoms with Crippen molar-refractivity contribution in [2.75, 3.05) is 52.9 Å². The number of anilines is 2. The van der Waals surface area contributed by atoms with Crippen LogP contribution in [0.15, 0.2) is 35.1 Å². The highest BCUT2D eigenvalue weighted by atomic mass is 16.5. The first-order valence-electron chi connectivity index (χ1n) is 11.1. The largest absolute Gasteiger partial charge is 0.493 e. The number of nitrogens with one attached hydrogen (secondary N) is 2. The molecule has 0 fully saturated rings. The average Bonchev–Trinajstić information content (AvgIpc) is 2.84. The van der Waals surface area contributed by atoms with E-state index >= 15 is 0 Å². The van der Waals surface area contributed by atoms with Crippen LogP contribution in [0.1, 0.15) is 5.69 Å². The number of nitrogens with zero attached hydrogens (tertiary/aromatic N) is 4. The number of likely N-dealkylation sites (N-methyl/N-ethyl adjacent to an activating group) is 1. The van der Waals surface area contributed by atoms with Crippen LogP contribution in [0.2, 0.25) is 0 Å². The molecule has 0 spiro atoms. The topological polar surface area (TPSA) is 135 Å². The lowest BCUT2D eigenvalue weighted by atomic mass is 10.1. The van der Waals surface area contributed by atoms with Gasteiger partial charge in [-0.1, -0.05) is 0 Å². The molecule has 0 saturated carbocycles. The lowest BCUT2D eigenvalue weighted by Gasteiger charge is -2.15.